The molecule has 2 aromatic rings. The molecule has 1 N–H and O–H groups in total. The van der Waals surface area contributed by atoms with Gasteiger partial charge in [-0.3, -0.25) is 9.59 Å². The molecular weight excluding hydrogens is 310 g/mol. The van der Waals surface area contributed by atoms with Crippen LogP contribution in [0.5, 0.6) is 0 Å². The van der Waals surface area contributed by atoms with E-state index in [2.05, 4.69) is 10.1 Å². The lowest BCUT2D eigenvalue weighted by molar-refractivity contribution is -0.134. The van der Waals surface area contributed by atoms with Crippen LogP contribution in [0.25, 0.3) is 0 Å². The zero-order chi connectivity index (χ0) is 16.9. The van der Waals surface area contributed by atoms with Gasteiger partial charge in [0.25, 0.3) is 0 Å². The number of anilines is 1. The number of nitrogens with one attached hydrogen (secondary N) is 1. The van der Waals surface area contributed by atoms with Crippen LogP contribution in [-0.4, -0.2) is 35.0 Å². The fourth-order valence-electron chi connectivity index (χ4n) is 2.27. The van der Waals surface area contributed by atoms with Gasteiger partial charge >= 0.3 is 5.97 Å². The Morgan fingerprint density at radius 2 is 1.92 bits per heavy atom. The van der Waals surface area contributed by atoms with Crippen molar-refractivity contribution in [1.29, 1.82) is 0 Å². The van der Waals surface area contributed by atoms with Crippen molar-refractivity contribution in [2.24, 2.45) is 5.10 Å². The average molecular weight is 325 g/mol. The number of carbonyl (C=O) groups is 3. The Balaban J connectivity index is 1.68. The van der Waals surface area contributed by atoms with Gasteiger partial charge in [-0.05, 0) is 24.3 Å². The molecule has 1 aliphatic rings. The largest absolute Gasteiger partial charge is 0.453 e. The highest BCUT2D eigenvalue weighted by molar-refractivity contribution is 6.38. The molecule has 1 aromatic heterocycles. The third kappa shape index (κ3) is 3.40. The van der Waals surface area contributed by atoms with Gasteiger partial charge in [-0.2, -0.15) is 5.10 Å². The number of aromatic nitrogens is 1. The van der Waals surface area contributed by atoms with E-state index in [0.29, 0.717) is 11.4 Å². The first-order valence-corrected chi connectivity index (χ1v) is 7.44. The van der Waals surface area contributed by atoms with Crippen molar-refractivity contribution in [3.05, 3.63) is 54.4 Å². The molecule has 0 fully saturated rings. The Labute approximate surface area is 137 Å². The maximum atomic E-state index is 12.1. The molecule has 0 spiro atoms. The Morgan fingerprint density at radius 3 is 2.62 bits per heavy atom. The van der Waals surface area contributed by atoms with E-state index in [1.165, 1.54) is 5.01 Å². The molecule has 1 aromatic carbocycles. The van der Waals surface area contributed by atoms with Gasteiger partial charge in [-0.15, -0.1) is 0 Å². The molecule has 0 saturated carbocycles. The summed E-state index contributed by atoms with van der Waals surface area (Å²) in [5.41, 5.74) is 1.07. The molecule has 0 saturated heterocycles. The quantitative estimate of drug-likeness (QED) is 0.671. The van der Waals surface area contributed by atoms with E-state index < -0.39 is 5.97 Å². The number of benzene rings is 1. The van der Waals surface area contributed by atoms with Crippen LogP contribution in [0.3, 0.4) is 0 Å². The summed E-state index contributed by atoms with van der Waals surface area (Å²) in [5, 5.41) is 5.27. The molecular formula is C17H15N3O4. The SMILES string of the molecule is O=C(OCC(=O)c1ccc[nH]1)C1=NN(c2ccccc2)C(=O)CC1. The van der Waals surface area contributed by atoms with E-state index in [9.17, 15) is 14.4 Å². The summed E-state index contributed by atoms with van der Waals surface area (Å²) >= 11 is 0. The van der Waals surface area contributed by atoms with E-state index in [1.807, 2.05) is 6.07 Å². The van der Waals surface area contributed by atoms with Crippen LogP contribution in [-0.2, 0) is 14.3 Å². The van der Waals surface area contributed by atoms with Gasteiger partial charge in [0.1, 0.15) is 5.71 Å². The van der Waals surface area contributed by atoms with Gasteiger partial charge in [0.05, 0.1) is 11.4 Å². The summed E-state index contributed by atoms with van der Waals surface area (Å²) in [6.07, 6.45) is 1.97. The van der Waals surface area contributed by atoms with Crippen molar-refractivity contribution in [1.82, 2.24) is 4.98 Å². The molecule has 0 unspecified atom stereocenters. The lowest BCUT2D eigenvalue weighted by atomic mass is 10.1. The zero-order valence-electron chi connectivity index (χ0n) is 12.8. The second-order valence-electron chi connectivity index (χ2n) is 5.17. The van der Waals surface area contributed by atoms with E-state index in [0.717, 1.165) is 0 Å². The highest BCUT2D eigenvalue weighted by Gasteiger charge is 2.26. The summed E-state index contributed by atoms with van der Waals surface area (Å²) in [5.74, 6) is -1.22. The topological polar surface area (TPSA) is 91.8 Å². The van der Waals surface area contributed by atoms with Crippen LogP contribution < -0.4 is 5.01 Å². The molecule has 0 radical (unpaired) electrons. The summed E-state index contributed by atoms with van der Waals surface area (Å²) in [7, 11) is 0. The predicted molar refractivity (Wildman–Crippen MR) is 86.7 cm³/mol. The number of para-hydroxylation sites is 1. The number of rotatable bonds is 5. The highest BCUT2D eigenvalue weighted by atomic mass is 16.5. The lowest BCUT2D eigenvalue weighted by Crippen LogP contribution is -2.35. The third-order valence-electron chi connectivity index (χ3n) is 3.50. The van der Waals surface area contributed by atoms with Crippen LogP contribution in [0.1, 0.15) is 23.3 Å². The molecule has 1 aliphatic heterocycles. The Morgan fingerprint density at radius 1 is 1.12 bits per heavy atom. The summed E-state index contributed by atoms with van der Waals surface area (Å²) < 4.78 is 5.01. The minimum Gasteiger partial charge on any atom is -0.453 e. The first kappa shape index (κ1) is 15.7. The van der Waals surface area contributed by atoms with Gasteiger partial charge in [-0.25, -0.2) is 9.80 Å². The molecule has 0 bridgehead atoms. The van der Waals surface area contributed by atoms with Crippen molar-refractivity contribution in [2.45, 2.75) is 12.8 Å². The Kier molecular flexibility index (Phi) is 4.51. The zero-order valence-corrected chi connectivity index (χ0v) is 12.8. The van der Waals surface area contributed by atoms with Crippen molar-refractivity contribution in [2.75, 3.05) is 11.6 Å². The number of hydrogen-bond acceptors (Lipinski definition) is 5. The number of nitrogens with zero attached hydrogens (tertiary/aromatic N) is 2. The number of carbonyl (C=O) groups excluding carboxylic acids is 3. The van der Waals surface area contributed by atoms with Crippen LogP contribution in [0, 0.1) is 0 Å². The number of Topliss-reactive ketones (excluding diaryl/α,β-unsaturated/α-hetero) is 1. The minimum atomic E-state index is -0.691. The van der Waals surface area contributed by atoms with Crippen molar-refractivity contribution in [3.63, 3.8) is 0 Å². The summed E-state index contributed by atoms with van der Waals surface area (Å²) in [6.45, 7) is -0.377. The normalized spacial score (nSPS) is 14.2. The van der Waals surface area contributed by atoms with Crippen LogP contribution in [0.15, 0.2) is 53.8 Å². The highest BCUT2D eigenvalue weighted by Crippen LogP contribution is 2.20. The Hall–Kier alpha value is -3.22. The summed E-state index contributed by atoms with van der Waals surface area (Å²) in [6, 6.07) is 12.1. The third-order valence-corrected chi connectivity index (χ3v) is 3.50. The number of hydrazone groups is 1. The maximum Gasteiger partial charge on any atom is 0.354 e. The molecule has 122 valence electrons. The summed E-state index contributed by atoms with van der Waals surface area (Å²) in [4.78, 5) is 38.7. The molecule has 2 heterocycles. The standard InChI is InChI=1S/C17H15N3O4/c21-15(13-7-4-10-18-13)11-24-17(23)14-8-9-16(22)20(19-14)12-5-2-1-3-6-12/h1-7,10,18H,8-9,11H2. The number of aromatic amines is 1. The monoisotopic (exact) mass is 325 g/mol. The lowest BCUT2D eigenvalue weighted by Gasteiger charge is -2.22. The molecule has 24 heavy (non-hydrogen) atoms. The molecule has 0 aliphatic carbocycles. The number of esters is 1. The van der Waals surface area contributed by atoms with E-state index in [-0.39, 0.29) is 36.9 Å². The minimum absolute atomic E-state index is 0.123. The van der Waals surface area contributed by atoms with Crippen LogP contribution >= 0.6 is 0 Å². The van der Waals surface area contributed by atoms with Gasteiger partial charge < -0.3 is 9.72 Å². The number of ether oxygens (including phenoxy) is 1. The number of H-pyrrole nitrogens is 1. The fraction of sp³-hybridized carbons (Fsp3) is 0.176. The number of ketones is 1. The maximum absolute atomic E-state index is 12.1. The number of amides is 1. The first-order chi connectivity index (χ1) is 11.6. The molecule has 7 heteroatoms. The Bertz CT molecular complexity index is 781. The molecule has 0 atom stereocenters. The van der Waals surface area contributed by atoms with E-state index >= 15 is 0 Å². The van der Waals surface area contributed by atoms with Crippen molar-refractivity contribution < 1.29 is 19.1 Å². The predicted octanol–water partition coefficient (Wildman–Crippen LogP) is 1.92. The second-order valence-corrected chi connectivity index (χ2v) is 5.17. The smallest absolute Gasteiger partial charge is 0.354 e. The van der Waals surface area contributed by atoms with E-state index in [4.69, 9.17) is 4.74 Å². The van der Waals surface area contributed by atoms with Gasteiger partial charge in [0.15, 0.2) is 6.61 Å². The first-order valence-electron chi connectivity index (χ1n) is 7.44. The van der Waals surface area contributed by atoms with Crippen LogP contribution in [0.4, 0.5) is 5.69 Å². The fourth-order valence-corrected chi connectivity index (χ4v) is 2.27. The molecule has 7 nitrogen and oxygen atoms in total. The number of hydrogen-bond donors (Lipinski definition) is 1. The van der Waals surface area contributed by atoms with Gasteiger partial charge in [0.2, 0.25) is 11.7 Å². The van der Waals surface area contributed by atoms with E-state index in [1.54, 1.807) is 42.6 Å². The van der Waals surface area contributed by atoms with Crippen molar-refractivity contribution in [3.8, 4) is 0 Å². The average Bonchev–Trinajstić information content (AvgIpc) is 3.15. The molecule has 3 rings (SSSR count). The van der Waals surface area contributed by atoms with Gasteiger partial charge in [-0.1, -0.05) is 18.2 Å². The van der Waals surface area contributed by atoms with Gasteiger partial charge in [0, 0.05) is 19.0 Å². The van der Waals surface area contributed by atoms with Crippen molar-refractivity contribution >= 4 is 29.1 Å². The molecule has 1 amide bonds. The second kappa shape index (κ2) is 6.91. The van der Waals surface area contributed by atoms with Crippen LogP contribution in [0.2, 0.25) is 0 Å².